The van der Waals surface area contributed by atoms with Crippen LogP contribution in [0.4, 0.5) is 0 Å². The summed E-state index contributed by atoms with van der Waals surface area (Å²) in [4.78, 5) is 0. The van der Waals surface area contributed by atoms with E-state index in [1.54, 1.807) is 7.11 Å². The first-order valence-corrected chi connectivity index (χ1v) is 6.59. The molecule has 1 fully saturated rings. The second-order valence-electron chi connectivity index (χ2n) is 5.91. The summed E-state index contributed by atoms with van der Waals surface area (Å²) in [5, 5.41) is 10.3. The molecule has 2 nitrogen and oxygen atoms in total. The number of hydrogen-bond donors (Lipinski definition) is 1. The molecule has 2 heteroatoms. The number of methoxy groups -OCH3 is 1. The third kappa shape index (κ3) is 3.72. The van der Waals surface area contributed by atoms with Gasteiger partial charge in [0.25, 0.3) is 0 Å². The van der Waals surface area contributed by atoms with Gasteiger partial charge in [-0.25, -0.2) is 0 Å². The maximum atomic E-state index is 10.3. The van der Waals surface area contributed by atoms with Gasteiger partial charge in [0.1, 0.15) is 0 Å². The van der Waals surface area contributed by atoms with E-state index in [4.69, 9.17) is 4.74 Å². The van der Waals surface area contributed by atoms with Gasteiger partial charge >= 0.3 is 0 Å². The fraction of sp³-hybridized carbons (Fsp3) is 0.867. The van der Waals surface area contributed by atoms with E-state index in [0.717, 1.165) is 38.5 Å². The summed E-state index contributed by atoms with van der Waals surface area (Å²) in [6.45, 7) is 6.42. The van der Waals surface area contributed by atoms with Crippen LogP contribution >= 0.6 is 0 Å². The maximum Gasteiger partial charge on any atom is 0.0937 e. The number of ether oxygens (including phenoxy) is 1. The first-order chi connectivity index (χ1) is 7.96. The van der Waals surface area contributed by atoms with E-state index in [-0.39, 0.29) is 11.7 Å². The maximum absolute atomic E-state index is 10.3. The minimum absolute atomic E-state index is 0.328. The highest BCUT2D eigenvalue weighted by Crippen LogP contribution is 2.44. The zero-order valence-corrected chi connectivity index (χ0v) is 11.7. The van der Waals surface area contributed by atoms with Crippen molar-refractivity contribution in [1.82, 2.24) is 0 Å². The molecule has 17 heavy (non-hydrogen) atoms. The Morgan fingerprint density at radius 2 is 1.82 bits per heavy atom. The first kappa shape index (κ1) is 14.5. The average molecular weight is 238 g/mol. The van der Waals surface area contributed by atoms with E-state index >= 15 is 0 Å². The fourth-order valence-corrected chi connectivity index (χ4v) is 2.62. The highest BCUT2D eigenvalue weighted by atomic mass is 16.5. The van der Waals surface area contributed by atoms with E-state index in [1.807, 2.05) is 6.92 Å². The second kappa shape index (κ2) is 5.89. The molecular weight excluding hydrogens is 212 g/mol. The monoisotopic (exact) mass is 238 g/mol. The number of rotatable bonds is 4. The molecule has 98 valence electrons. The molecule has 1 unspecified atom stereocenters. The summed E-state index contributed by atoms with van der Waals surface area (Å²) in [5.74, 6) is 5.88. The van der Waals surface area contributed by atoms with Crippen LogP contribution in [-0.2, 0) is 4.74 Å². The van der Waals surface area contributed by atoms with Crippen molar-refractivity contribution in [3.8, 4) is 11.8 Å². The van der Waals surface area contributed by atoms with Gasteiger partial charge in [-0.05, 0) is 44.4 Å². The summed E-state index contributed by atoms with van der Waals surface area (Å²) in [6.07, 6.45) is 5.24. The topological polar surface area (TPSA) is 29.5 Å². The Hall–Kier alpha value is -0.520. The van der Waals surface area contributed by atoms with Crippen LogP contribution in [0, 0.1) is 17.3 Å². The first-order valence-electron chi connectivity index (χ1n) is 6.59. The predicted molar refractivity (Wildman–Crippen MR) is 70.7 cm³/mol. The van der Waals surface area contributed by atoms with E-state index in [9.17, 15) is 5.11 Å². The molecule has 0 saturated heterocycles. The van der Waals surface area contributed by atoms with Gasteiger partial charge in [0.2, 0.25) is 0 Å². The Morgan fingerprint density at radius 3 is 2.29 bits per heavy atom. The lowest BCUT2D eigenvalue weighted by molar-refractivity contribution is -0.137. The molecule has 1 aliphatic rings. The Balaban J connectivity index is 2.59. The SMILES string of the molecule is CC#CCCC(O)C1(OC)CCC(C)(C)CC1. The molecular formula is C15H26O2. The molecule has 0 spiro atoms. The zero-order valence-electron chi connectivity index (χ0n) is 11.7. The van der Waals surface area contributed by atoms with Crippen molar-refractivity contribution in [2.45, 2.75) is 71.0 Å². The van der Waals surface area contributed by atoms with Crippen molar-refractivity contribution in [3.05, 3.63) is 0 Å². The molecule has 1 saturated carbocycles. The predicted octanol–water partition coefficient (Wildman–Crippen LogP) is 3.14. The Morgan fingerprint density at radius 1 is 1.24 bits per heavy atom. The van der Waals surface area contributed by atoms with Gasteiger partial charge in [-0.1, -0.05) is 13.8 Å². The molecule has 1 aliphatic carbocycles. The van der Waals surface area contributed by atoms with Crippen LogP contribution in [-0.4, -0.2) is 23.9 Å². The average Bonchev–Trinajstić information content (AvgIpc) is 2.30. The van der Waals surface area contributed by atoms with Gasteiger partial charge in [0.05, 0.1) is 11.7 Å². The van der Waals surface area contributed by atoms with Crippen LogP contribution < -0.4 is 0 Å². The molecule has 0 amide bonds. The van der Waals surface area contributed by atoms with Crippen LogP contribution in [0.1, 0.15) is 59.3 Å². The minimum Gasteiger partial charge on any atom is -0.390 e. The fourth-order valence-electron chi connectivity index (χ4n) is 2.62. The lowest BCUT2D eigenvalue weighted by Crippen LogP contribution is -2.48. The van der Waals surface area contributed by atoms with E-state index in [2.05, 4.69) is 25.7 Å². The van der Waals surface area contributed by atoms with Crippen molar-refractivity contribution < 1.29 is 9.84 Å². The molecule has 1 rings (SSSR count). The summed E-state index contributed by atoms with van der Waals surface area (Å²) in [5.41, 5.74) is 0.0654. The van der Waals surface area contributed by atoms with E-state index in [1.165, 1.54) is 0 Å². The molecule has 0 radical (unpaired) electrons. The lowest BCUT2D eigenvalue weighted by atomic mass is 9.68. The zero-order chi connectivity index (χ0) is 12.9. The van der Waals surface area contributed by atoms with Gasteiger partial charge in [-0.15, -0.1) is 11.8 Å². The quantitative estimate of drug-likeness (QED) is 0.762. The molecule has 0 bridgehead atoms. The summed E-state index contributed by atoms with van der Waals surface area (Å²) in [6, 6.07) is 0. The summed E-state index contributed by atoms with van der Waals surface area (Å²) < 4.78 is 5.67. The van der Waals surface area contributed by atoms with Gasteiger partial charge in [0, 0.05) is 13.5 Å². The Bertz CT molecular complexity index is 286. The summed E-state index contributed by atoms with van der Waals surface area (Å²) >= 11 is 0. The molecule has 0 aliphatic heterocycles. The molecule has 1 atom stereocenters. The Labute approximate surface area is 106 Å². The highest BCUT2D eigenvalue weighted by Gasteiger charge is 2.43. The highest BCUT2D eigenvalue weighted by molar-refractivity contribution is 4.99. The Kier molecular flexibility index (Phi) is 5.04. The van der Waals surface area contributed by atoms with Crippen molar-refractivity contribution in [2.75, 3.05) is 7.11 Å². The summed E-state index contributed by atoms with van der Waals surface area (Å²) in [7, 11) is 1.73. The number of aliphatic hydroxyl groups excluding tert-OH is 1. The lowest BCUT2D eigenvalue weighted by Gasteiger charge is -2.45. The third-order valence-electron chi connectivity index (χ3n) is 4.18. The van der Waals surface area contributed by atoms with Crippen LogP contribution in [0.3, 0.4) is 0 Å². The van der Waals surface area contributed by atoms with Crippen molar-refractivity contribution in [2.24, 2.45) is 5.41 Å². The van der Waals surface area contributed by atoms with E-state index in [0.29, 0.717) is 5.41 Å². The molecule has 0 aromatic heterocycles. The normalized spacial score (nSPS) is 23.6. The third-order valence-corrected chi connectivity index (χ3v) is 4.18. The smallest absolute Gasteiger partial charge is 0.0937 e. The van der Waals surface area contributed by atoms with Crippen LogP contribution in [0.15, 0.2) is 0 Å². The van der Waals surface area contributed by atoms with Gasteiger partial charge in [0.15, 0.2) is 0 Å². The molecule has 0 aromatic carbocycles. The number of aliphatic hydroxyl groups is 1. The van der Waals surface area contributed by atoms with Crippen molar-refractivity contribution in [3.63, 3.8) is 0 Å². The van der Waals surface area contributed by atoms with Crippen LogP contribution in [0.25, 0.3) is 0 Å². The van der Waals surface area contributed by atoms with Gasteiger partial charge < -0.3 is 9.84 Å². The number of hydrogen-bond acceptors (Lipinski definition) is 2. The van der Waals surface area contributed by atoms with Crippen molar-refractivity contribution >= 4 is 0 Å². The standard InChI is InChI=1S/C15H26O2/c1-5-6-7-8-13(16)15(17-4)11-9-14(2,3)10-12-15/h13,16H,7-12H2,1-4H3. The largest absolute Gasteiger partial charge is 0.390 e. The van der Waals surface area contributed by atoms with Crippen LogP contribution in [0.2, 0.25) is 0 Å². The molecule has 0 aromatic rings. The van der Waals surface area contributed by atoms with Crippen LogP contribution in [0.5, 0.6) is 0 Å². The van der Waals surface area contributed by atoms with E-state index < -0.39 is 0 Å². The second-order valence-corrected chi connectivity index (χ2v) is 5.91. The molecule has 0 heterocycles. The molecule has 1 N–H and O–H groups in total. The van der Waals surface area contributed by atoms with Crippen molar-refractivity contribution in [1.29, 1.82) is 0 Å². The minimum atomic E-state index is -0.385. The van der Waals surface area contributed by atoms with Gasteiger partial charge in [-0.3, -0.25) is 0 Å². The van der Waals surface area contributed by atoms with Gasteiger partial charge in [-0.2, -0.15) is 0 Å².